The van der Waals surface area contributed by atoms with Crippen molar-refractivity contribution in [3.63, 3.8) is 0 Å². The molecular weight excluding hydrogens is 280 g/mol. The van der Waals surface area contributed by atoms with Crippen LogP contribution < -0.4 is 10.6 Å². The molecule has 7 heteroatoms. The van der Waals surface area contributed by atoms with Crippen LogP contribution in [0.25, 0.3) is 0 Å². The molecule has 102 valence electrons. The van der Waals surface area contributed by atoms with Gasteiger partial charge in [-0.3, -0.25) is 4.79 Å². The van der Waals surface area contributed by atoms with Crippen molar-refractivity contribution < 1.29 is 4.79 Å². The summed E-state index contributed by atoms with van der Waals surface area (Å²) in [6.45, 7) is 4.86. The standard InChI is InChI=1S/C12H16N4OS2/c1-3-5-13-12-16-15-11(19-12)10(17)14-8(2)9-4-6-18-7-9/h4,6-8H,3,5H2,1-2H3,(H,13,16)(H,14,17). The molecule has 1 unspecified atom stereocenters. The van der Waals surface area contributed by atoms with Crippen LogP contribution in [0.4, 0.5) is 5.13 Å². The van der Waals surface area contributed by atoms with Gasteiger partial charge in [0.2, 0.25) is 10.1 Å². The first-order valence-corrected chi connectivity index (χ1v) is 7.87. The SMILES string of the molecule is CCCNc1nnc(C(=O)NC(C)c2ccsc2)s1. The van der Waals surface area contributed by atoms with Gasteiger partial charge < -0.3 is 10.6 Å². The quantitative estimate of drug-likeness (QED) is 0.860. The largest absolute Gasteiger partial charge is 0.360 e. The van der Waals surface area contributed by atoms with Crippen molar-refractivity contribution in [2.45, 2.75) is 26.3 Å². The van der Waals surface area contributed by atoms with Gasteiger partial charge in [-0.05, 0) is 35.7 Å². The summed E-state index contributed by atoms with van der Waals surface area (Å²) in [5.41, 5.74) is 1.10. The first-order valence-electron chi connectivity index (χ1n) is 6.11. The first kappa shape index (κ1) is 14.0. The van der Waals surface area contributed by atoms with E-state index >= 15 is 0 Å². The van der Waals surface area contributed by atoms with E-state index in [1.165, 1.54) is 11.3 Å². The molecule has 2 rings (SSSR count). The van der Waals surface area contributed by atoms with Gasteiger partial charge in [-0.1, -0.05) is 18.3 Å². The zero-order valence-corrected chi connectivity index (χ0v) is 12.5. The molecule has 1 atom stereocenters. The fourth-order valence-corrected chi connectivity index (χ4v) is 2.91. The molecule has 0 aliphatic carbocycles. The number of carbonyl (C=O) groups excluding carboxylic acids is 1. The number of hydrogen-bond donors (Lipinski definition) is 2. The van der Waals surface area contributed by atoms with E-state index in [0.29, 0.717) is 10.1 Å². The molecule has 1 amide bonds. The fraction of sp³-hybridized carbons (Fsp3) is 0.417. The van der Waals surface area contributed by atoms with E-state index in [2.05, 4.69) is 27.8 Å². The van der Waals surface area contributed by atoms with Gasteiger partial charge in [-0.25, -0.2) is 0 Å². The second kappa shape index (κ2) is 6.63. The maximum atomic E-state index is 12.0. The lowest BCUT2D eigenvalue weighted by Gasteiger charge is -2.10. The highest BCUT2D eigenvalue weighted by molar-refractivity contribution is 7.17. The molecule has 0 aromatic carbocycles. The molecule has 0 bridgehead atoms. The Morgan fingerprint density at radius 2 is 2.32 bits per heavy atom. The molecule has 0 saturated carbocycles. The maximum Gasteiger partial charge on any atom is 0.282 e. The third kappa shape index (κ3) is 3.74. The molecule has 0 radical (unpaired) electrons. The summed E-state index contributed by atoms with van der Waals surface area (Å²) in [6.07, 6.45) is 1.01. The van der Waals surface area contributed by atoms with Crippen LogP contribution >= 0.6 is 22.7 Å². The van der Waals surface area contributed by atoms with Gasteiger partial charge in [0.25, 0.3) is 5.91 Å². The van der Waals surface area contributed by atoms with E-state index in [1.54, 1.807) is 11.3 Å². The number of aromatic nitrogens is 2. The molecule has 2 aromatic rings. The number of nitrogens with zero attached hydrogens (tertiary/aromatic N) is 2. The Morgan fingerprint density at radius 1 is 1.47 bits per heavy atom. The van der Waals surface area contributed by atoms with E-state index in [-0.39, 0.29) is 11.9 Å². The van der Waals surface area contributed by atoms with Crippen LogP contribution in [0.3, 0.4) is 0 Å². The van der Waals surface area contributed by atoms with Crippen LogP contribution in [0.1, 0.15) is 41.7 Å². The highest BCUT2D eigenvalue weighted by Gasteiger charge is 2.16. The first-order chi connectivity index (χ1) is 9.20. The molecule has 0 aliphatic heterocycles. The third-order valence-electron chi connectivity index (χ3n) is 2.54. The van der Waals surface area contributed by atoms with Gasteiger partial charge in [-0.15, -0.1) is 10.2 Å². The van der Waals surface area contributed by atoms with Gasteiger partial charge in [0.15, 0.2) is 0 Å². The van der Waals surface area contributed by atoms with Crippen molar-refractivity contribution in [2.24, 2.45) is 0 Å². The van der Waals surface area contributed by atoms with E-state index in [4.69, 9.17) is 0 Å². The van der Waals surface area contributed by atoms with Crippen molar-refractivity contribution >= 4 is 33.7 Å². The minimum absolute atomic E-state index is 0.0188. The molecule has 5 nitrogen and oxygen atoms in total. The second-order valence-electron chi connectivity index (χ2n) is 4.09. The summed E-state index contributed by atoms with van der Waals surface area (Å²) >= 11 is 2.89. The number of thiophene rings is 1. The smallest absolute Gasteiger partial charge is 0.282 e. The zero-order valence-electron chi connectivity index (χ0n) is 10.8. The van der Waals surface area contributed by atoms with Gasteiger partial charge >= 0.3 is 0 Å². The number of hydrogen-bond acceptors (Lipinski definition) is 6. The molecule has 19 heavy (non-hydrogen) atoms. The van der Waals surface area contributed by atoms with Crippen molar-refractivity contribution in [2.75, 3.05) is 11.9 Å². The van der Waals surface area contributed by atoms with E-state index in [0.717, 1.165) is 18.5 Å². The summed E-state index contributed by atoms with van der Waals surface area (Å²) in [7, 11) is 0. The molecule has 2 aromatic heterocycles. The number of nitrogens with one attached hydrogen (secondary N) is 2. The van der Waals surface area contributed by atoms with Crippen LogP contribution in [-0.4, -0.2) is 22.6 Å². The maximum absolute atomic E-state index is 12.0. The van der Waals surface area contributed by atoms with Crippen molar-refractivity contribution in [1.82, 2.24) is 15.5 Å². The summed E-state index contributed by atoms with van der Waals surface area (Å²) in [5, 5.41) is 19.0. The van der Waals surface area contributed by atoms with E-state index in [1.807, 2.05) is 23.8 Å². The minimum atomic E-state index is -0.180. The fourth-order valence-electron chi connectivity index (χ4n) is 1.48. The summed E-state index contributed by atoms with van der Waals surface area (Å²) < 4.78 is 0. The Bertz CT molecular complexity index is 524. The van der Waals surface area contributed by atoms with Gasteiger partial charge in [0.1, 0.15) is 0 Å². The molecule has 0 saturated heterocycles. The van der Waals surface area contributed by atoms with Crippen LogP contribution in [0.15, 0.2) is 16.8 Å². The van der Waals surface area contributed by atoms with Gasteiger partial charge in [0, 0.05) is 6.54 Å². The van der Waals surface area contributed by atoms with Crippen molar-refractivity contribution in [3.8, 4) is 0 Å². The molecule has 0 fully saturated rings. The average molecular weight is 296 g/mol. The zero-order chi connectivity index (χ0) is 13.7. The lowest BCUT2D eigenvalue weighted by atomic mass is 10.2. The summed E-state index contributed by atoms with van der Waals surface area (Å²) in [6, 6.07) is 1.99. The topological polar surface area (TPSA) is 66.9 Å². The predicted molar refractivity (Wildman–Crippen MR) is 78.9 cm³/mol. The highest BCUT2D eigenvalue weighted by atomic mass is 32.1. The van der Waals surface area contributed by atoms with Crippen LogP contribution in [-0.2, 0) is 0 Å². The van der Waals surface area contributed by atoms with E-state index < -0.39 is 0 Å². The number of carbonyl (C=O) groups is 1. The van der Waals surface area contributed by atoms with E-state index in [9.17, 15) is 4.79 Å². The Kier molecular flexibility index (Phi) is 4.86. The monoisotopic (exact) mass is 296 g/mol. The Morgan fingerprint density at radius 3 is 3.00 bits per heavy atom. The second-order valence-corrected chi connectivity index (χ2v) is 5.85. The predicted octanol–water partition coefficient (Wildman–Crippen LogP) is 2.91. The van der Waals surface area contributed by atoms with Gasteiger partial charge in [-0.2, -0.15) is 11.3 Å². The summed E-state index contributed by atoms with van der Waals surface area (Å²) in [4.78, 5) is 12.0. The van der Waals surface area contributed by atoms with Crippen LogP contribution in [0.5, 0.6) is 0 Å². The number of anilines is 1. The third-order valence-corrected chi connectivity index (χ3v) is 4.12. The van der Waals surface area contributed by atoms with Crippen molar-refractivity contribution in [3.05, 3.63) is 27.4 Å². The Balaban J connectivity index is 1.94. The average Bonchev–Trinajstić information content (AvgIpc) is 3.07. The van der Waals surface area contributed by atoms with Crippen LogP contribution in [0, 0.1) is 0 Å². The van der Waals surface area contributed by atoms with Crippen LogP contribution in [0.2, 0.25) is 0 Å². The normalized spacial score (nSPS) is 12.1. The highest BCUT2D eigenvalue weighted by Crippen LogP contribution is 2.18. The van der Waals surface area contributed by atoms with Crippen molar-refractivity contribution in [1.29, 1.82) is 0 Å². The summed E-state index contributed by atoms with van der Waals surface area (Å²) in [5.74, 6) is -0.180. The molecule has 0 aliphatic rings. The molecule has 2 heterocycles. The van der Waals surface area contributed by atoms with Gasteiger partial charge in [0.05, 0.1) is 6.04 Å². The molecular formula is C12H16N4OS2. The molecule has 2 N–H and O–H groups in total. The number of rotatable bonds is 6. The lowest BCUT2D eigenvalue weighted by Crippen LogP contribution is -2.26. The lowest BCUT2D eigenvalue weighted by molar-refractivity contribution is 0.0939. The minimum Gasteiger partial charge on any atom is -0.360 e. The molecule has 0 spiro atoms. The Hall–Kier alpha value is -1.47. The number of amides is 1. The Labute approximate surface area is 120 Å².